The lowest BCUT2D eigenvalue weighted by molar-refractivity contribution is 0.246. The van der Waals surface area contributed by atoms with E-state index in [1.54, 1.807) is 23.0 Å². The molecule has 0 radical (unpaired) electrons. The lowest BCUT2D eigenvalue weighted by Gasteiger charge is -2.32. The Labute approximate surface area is 177 Å². The molecule has 1 aromatic carbocycles. The number of nitrogens with zero attached hydrogens (tertiary/aromatic N) is 2. The number of hydrogen-bond acceptors (Lipinski definition) is 2. The van der Waals surface area contributed by atoms with Crippen LogP contribution in [0.5, 0.6) is 0 Å². The normalized spacial score (nSPS) is 19.1. The Balaban J connectivity index is 1.88. The molecule has 1 aliphatic rings. The molecule has 4 rings (SSSR count). The summed E-state index contributed by atoms with van der Waals surface area (Å²) >= 11 is 6.02. The first-order valence-corrected chi connectivity index (χ1v) is 10.9. The molecule has 2 aromatic heterocycles. The zero-order valence-corrected chi connectivity index (χ0v) is 18.6. The molecular weight excluding hydrogens is 382 g/mol. The van der Waals surface area contributed by atoms with Crippen LogP contribution in [0.2, 0.25) is 5.02 Å². The van der Waals surface area contributed by atoms with E-state index in [0.717, 1.165) is 36.2 Å². The van der Waals surface area contributed by atoms with Crippen molar-refractivity contribution >= 4 is 22.5 Å². The Morgan fingerprint density at radius 1 is 1.03 bits per heavy atom. The van der Waals surface area contributed by atoms with Crippen LogP contribution in [0.1, 0.15) is 64.6 Å². The number of benzene rings is 1. The highest BCUT2D eigenvalue weighted by Crippen LogP contribution is 2.38. The molecule has 0 bridgehead atoms. The minimum Gasteiger partial charge on any atom is -0.290 e. The molecular formula is C24H30ClN3O. The number of halogens is 1. The van der Waals surface area contributed by atoms with E-state index in [1.165, 1.54) is 24.8 Å². The van der Waals surface area contributed by atoms with Gasteiger partial charge in [0.25, 0.3) is 5.56 Å². The van der Waals surface area contributed by atoms with E-state index >= 15 is 0 Å². The summed E-state index contributed by atoms with van der Waals surface area (Å²) in [5, 5.41) is 4.70. The van der Waals surface area contributed by atoms with Crippen molar-refractivity contribution in [1.29, 1.82) is 0 Å². The van der Waals surface area contributed by atoms with Crippen LogP contribution in [-0.2, 0) is 12.8 Å². The number of aromatic nitrogens is 3. The van der Waals surface area contributed by atoms with Crippen molar-refractivity contribution in [3.8, 4) is 5.69 Å². The second-order valence-electron chi connectivity index (χ2n) is 10.1. The maximum absolute atomic E-state index is 13.1. The van der Waals surface area contributed by atoms with Gasteiger partial charge in [0, 0.05) is 16.9 Å². The van der Waals surface area contributed by atoms with Gasteiger partial charge in [-0.25, -0.2) is 4.68 Å². The number of aryl methyl sites for hydroxylation is 1. The van der Waals surface area contributed by atoms with E-state index in [2.05, 4.69) is 32.8 Å². The predicted molar refractivity (Wildman–Crippen MR) is 120 cm³/mol. The number of H-pyrrole nitrogens is 1. The summed E-state index contributed by atoms with van der Waals surface area (Å²) in [4.78, 5) is 17.9. The molecule has 0 atom stereocenters. The van der Waals surface area contributed by atoms with Crippen LogP contribution in [0.15, 0.2) is 35.3 Å². The quantitative estimate of drug-likeness (QED) is 0.527. The Morgan fingerprint density at radius 3 is 2.45 bits per heavy atom. The number of rotatable bonds is 1. The van der Waals surface area contributed by atoms with Crippen LogP contribution in [0, 0.1) is 10.8 Å². The topological polar surface area (TPSA) is 50.7 Å². The summed E-state index contributed by atoms with van der Waals surface area (Å²) in [5.74, 6) is 0. The summed E-state index contributed by atoms with van der Waals surface area (Å²) in [6.45, 7) is 9.38. The highest BCUT2D eigenvalue weighted by molar-refractivity contribution is 6.30. The Hall–Kier alpha value is -2.07. The average Bonchev–Trinajstić information content (AvgIpc) is 2.98. The van der Waals surface area contributed by atoms with E-state index in [9.17, 15) is 4.79 Å². The monoisotopic (exact) mass is 411 g/mol. The van der Waals surface area contributed by atoms with Crippen LogP contribution in [0.25, 0.3) is 16.6 Å². The molecule has 0 saturated heterocycles. The highest BCUT2D eigenvalue weighted by atomic mass is 35.5. The average molecular weight is 412 g/mol. The Bertz CT molecular complexity index is 1090. The Kier molecular flexibility index (Phi) is 5.10. The van der Waals surface area contributed by atoms with E-state index in [1.807, 2.05) is 12.1 Å². The number of aromatic amines is 1. The minimum atomic E-state index is -0.0622. The largest absolute Gasteiger partial charge is 0.290 e. The van der Waals surface area contributed by atoms with Gasteiger partial charge >= 0.3 is 0 Å². The molecule has 2 heterocycles. The van der Waals surface area contributed by atoms with Crippen molar-refractivity contribution in [2.24, 2.45) is 10.8 Å². The lowest BCUT2D eigenvalue weighted by Crippen LogP contribution is -2.22. The van der Waals surface area contributed by atoms with Crippen LogP contribution in [0.4, 0.5) is 0 Å². The van der Waals surface area contributed by atoms with Crippen LogP contribution in [0.3, 0.4) is 0 Å². The van der Waals surface area contributed by atoms with Gasteiger partial charge in [0.1, 0.15) is 0 Å². The summed E-state index contributed by atoms with van der Waals surface area (Å²) in [6, 6.07) is 7.32. The maximum Gasteiger partial charge on any atom is 0.280 e. The van der Waals surface area contributed by atoms with Gasteiger partial charge in [-0.1, -0.05) is 45.7 Å². The fourth-order valence-electron chi connectivity index (χ4n) is 4.54. The number of nitrogens with one attached hydrogen (secondary N) is 1. The molecule has 1 N–H and O–H groups in total. The molecule has 0 spiro atoms. The molecule has 154 valence electrons. The van der Waals surface area contributed by atoms with E-state index in [0.29, 0.717) is 15.8 Å². The lowest BCUT2D eigenvalue weighted by atomic mass is 9.74. The SMILES string of the molecule is CC1(C)CCCC(C)(C)Cc2c(ncc3c(=O)n(-c4ccc(Cl)cc4)[nH]c23)CC1. The summed E-state index contributed by atoms with van der Waals surface area (Å²) < 4.78 is 1.61. The minimum absolute atomic E-state index is 0.0622. The fraction of sp³-hybridized carbons (Fsp3) is 0.500. The molecule has 3 aromatic rings. The predicted octanol–water partition coefficient (Wildman–Crippen LogP) is 6.08. The zero-order chi connectivity index (χ0) is 20.8. The van der Waals surface area contributed by atoms with Crippen molar-refractivity contribution in [1.82, 2.24) is 14.8 Å². The number of hydrogen-bond donors (Lipinski definition) is 1. The molecule has 0 fully saturated rings. The van der Waals surface area contributed by atoms with Gasteiger partial charge in [-0.3, -0.25) is 14.9 Å². The van der Waals surface area contributed by atoms with Crippen molar-refractivity contribution in [2.45, 2.75) is 66.2 Å². The van der Waals surface area contributed by atoms with Crippen molar-refractivity contribution in [2.75, 3.05) is 0 Å². The van der Waals surface area contributed by atoms with Gasteiger partial charge < -0.3 is 0 Å². The highest BCUT2D eigenvalue weighted by Gasteiger charge is 2.28. The van der Waals surface area contributed by atoms with Gasteiger partial charge in [0.05, 0.1) is 16.6 Å². The van der Waals surface area contributed by atoms with Gasteiger partial charge in [0.2, 0.25) is 0 Å². The molecule has 0 saturated carbocycles. The van der Waals surface area contributed by atoms with Crippen molar-refractivity contribution in [3.05, 3.63) is 57.1 Å². The van der Waals surface area contributed by atoms with E-state index in [4.69, 9.17) is 16.6 Å². The standard InChI is InChI=1S/C24H30ClN3O/c1-23(2)11-5-12-24(3,4)14-18-20(10-13-23)26-15-19-21(18)27-28(22(19)29)17-8-6-16(25)7-9-17/h6-9,15,27H,5,10-14H2,1-4H3. The molecule has 5 heteroatoms. The van der Waals surface area contributed by atoms with Crippen LogP contribution < -0.4 is 5.56 Å². The fourth-order valence-corrected chi connectivity index (χ4v) is 4.66. The summed E-state index contributed by atoms with van der Waals surface area (Å²) in [7, 11) is 0. The van der Waals surface area contributed by atoms with Gasteiger partial charge in [-0.05, 0) is 72.8 Å². The molecule has 0 amide bonds. The third-order valence-corrected chi connectivity index (χ3v) is 6.66. The third kappa shape index (κ3) is 4.13. The second kappa shape index (κ2) is 7.32. The van der Waals surface area contributed by atoms with Crippen LogP contribution >= 0.6 is 11.6 Å². The first-order chi connectivity index (χ1) is 13.7. The number of pyridine rings is 1. The van der Waals surface area contributed by atoms with Gasteiger partial charge in [-0.2, -0.15) is 0 Å². The van der Waals surface area contributed by atoms with E-state index < -0.39 is 0 Å². The van der Waals surface area contributed by atoms with Gasteiger partial charge in [0.15, 0.2) is 0 Å². The van der Waals surface area contributed by atoms with Gasteiger partial charge in [-0.15, -0.1) is 0 Å². The summed E-state index contributed by atoms with van der Waals surface area (Å²) in [6.07, 6.45) is 8.40. The Morgan fingerprint density at radius 2 is 1.72 bits per heavy atom. The zero-order valence-electron chi connectivity index (χ0n) is 17.8. The summed E-state index contributed by atoms with van der Waals surface area (Å²) in [5.41, 5.74) is 4.46. The molecule has 0 unspecified atom stereocenters. The number of fused-ring (bicyclic) bond motifs is 3. The van der Waals surface area contributed by atoms with E-state index in [-0.39, 0.29) is 11.0 Å². The molecule has 1 aliphatic carbocycles. The smallest absolute Gasteiger partial charge is 0.280 e. The van der Waals surface area contributed by atoms with Crippen molar-refractivity contribution < 1.29 is 0 Å². The van der Waals surface area contributed by atoms with Crippen LogP contribution in [-0.4, -0.2) is 14.8 Å². The first-order valence-electron chi connectivity index (χ1n) is 10.5. The third-order valence-electron chi connectivity index (χ3n) is 6.41. The first kappa shape index (κ1) is 20.2. The maximum atomic E-state index is 13.1. The molecule has 4 nitrogen and oxygen atoms in total. The molecule has 29 heavy (non-hydrogen) atoms. The second-order valence-corrected chi connectivity index (χ2v) is 10.5. The van der Waals surface area contributed by atoms with Crippen molar-refractivity contribution in [3.63, 3.8) is 0 Å². The molecule has 0 aliphatic heterocycles.